The number of hydrogen-bond acceptors (Lipinski definition) is 1. The Morgan fingerprint density at radius 2 is 1.72 bits per heavy atom. The van der Waals surface area contributed by atoms with Crippen LogP contribution in [-0.2, 0) is 0 Å². The highest BCUT2D eigenvalue weighted by Gasteiger charge is 2.10. The van der Waals surface area contributed by atoms with E-state index in [1.807, 2.05) is 27.7 Å². The van der Waals surface area contributed by atoms with E-state index in [0.29, 0.717) is 12.5 Å². The maximum Gasteiger partial charge on any atom is 0.0177 e. The standard InChI is InChI=1S/C13H21N.2C2H6/c1-4-11(9-14)13-7-5-12(6-8-13)10(2)3;2*1-2/h4-5,7,10H,6,8-9,14H2,1-3H3;2*1-2H3/b11-4+;;. The molecule has 0 saturated heterocycles. The van der Waals surface area contributed by atoms with Gasteiger partial charge in [-0.2, -0.15) is 0 Å². The second-order valence-corrected chi connectivity index (χ2v) is 4.11. The average molecular weight is 251 g/mol. The van der Waals surface area contributed by atoms with E-state index in [9.17, 15) is 0 Å². The summed E-state index contributed by atoms with van der Waals surface area (Å²) in [6.07, 6.45) is 8.98. The molecule has 0 aromatic carbocycles. The molecule has 0 saturated carbocycles. The summed E-state index contributed by atoms with van der Waals surface area (Å²) in [6, 6.07) is 0. The van der Waals surface area contributed by atoms with Gasteiger partial charge in [0.2, 0.25) is 0 Å². The molecule has 0 aliphatic heterocycles. The SMILES string of the molecule is C/C=C(\CN)C1=CC=C(C(C)C)CC1.CC.CC. The molecule has 18 heavy (non-hydrogen) atoms. The summed E-state index contributed by atoms with van der Waals surface area (Å²) in [7, 11) is 0. The summed E-state index contributed by atoms with van der Waals surface area (Å²) in [5.74, 6) is 0.680. The Bertz CT molecular complexity index is 280. The average Bonchev–Trinajstić information content (AvgIpc) is 2.45. The van der Waals surface area contributed by atoms with Crippen LogP contribution in [0.15, 0.2) is 34.9 Å². The first-order valence-corrected chi connectivity index (χ1v) is 7.44. The molecule has 106 valence electrons. The van der Waals surface area contributed by atoms with E-state index in [4.69, 9.17) is 5.73 Å². The monoisotopic (exact) mass is 251 g/mol. The summed E-state index contributed by atoms with van der Waals surface area (Å²) in [5, 5.41) is 0. The number of hydrogen-bond donors (Lipinski definition) is 1. The van der Waals surface area contributed by atoms with Crippen LogP contribution in [0.3, 0.4) is 0 Å². The van der Waals surface area contributed by atoms with Crippen molar-refractivity contribution in [3.63, 3.8) is 0 Å². The van der Waals surface area contributed by atoms with E-state index in [2.05, 4.69) is 39.0 Å². The van der Waals surface area contributed by atoms with Gasteiger partial charge in [0.15, 0.2) is 0 Å². The van der Waals surface area contributed by atoms with Gasteiger partial charge in [0.1, 0.15) is 0 Å². The highest BCUT2D eigenvalue weighted by atomic mass is 14.5. The highest BCUT2D eigenvalue weighted by molar-refractivity contribution is 5.38. The predicted octanol–water partition coefficient (Wildman–Crippen LogP) is 5.25. The molecule has 1 heteroatoms. The Kier molecular flexibility index (Phi) is 13.7. The molecule has 0 fully saturated rings. The summed E-state index contributed by atoms with van der Waals surface area (Å²) in [4.78, 5) is 0. The third kappa shape index (κ3) is 6.80. The lowest BCUT2D eigenvalue weighted by molar-refractivity contribution is 0.701. The lowest BCUT2D eigenvalue weighted by atomic mass is 9.88. The normalized spacial score (nSPS) is 14.8. The van der Waals surface area contributed by atoms with Crippen molar-refractivity contribution in [3.8, 4) is 0 Å². The van der Waals surface area contributed by atoms with Crippen molar-refractivity contribution in [1.29, 1.82) is 0 Å². The molecular formula is C17H33N. The summed E-state index contributed by atoms with van der Waals surface area (Å²) >= 11 is 0. The molecule has 1 aliphatic rings. The van der Waals surface area contributed by atoms with Crippen molar-refractivity contribution in [2.75, 3.05) is 6.54 Å². The minimum atomic E-state index is 0.660. The first-order chi connectivity index (χ1) is 8.69. The Hall–Kier alpha value is -0.820. The van der Waals surface area contributed by atoms with E-state index < -0.39 is 0 Å². The Morgan fingerprint density at radius 1 is 1.17 bits per heavy atom. The molecule has 0 atom stereocenters. The molecule has 1 rings (SSSR count). The molecule has 0 amide bonds. The second kappa shape index (κ2) is 12.6. The number of nitrogens with two attached hydrogens (primary N) is 1. The Balaban J connectivity index is 0. The van der Waals surface area contributed by atoms with Gasteiger partial charge in [-0.3, -0.25) is 0 Å². The first kappa shape index (κ1) is 19.5. The molecule has 1 aliphatic carbocycles. The van der Waals surface area contributed by atoms with Gasteiger partial charge in [-0.05, 0) is 36.8 Å². The summed E-state index contributed by atoms with van der Waals surface area (Å²) in [6.45, 7) is 15.2. The van der Waals surface area contributed by atoms with Crippen molar-refractivity contribution in [2.24, 2.45) is 11.7 Å². The van der Waals surface area contributed by atoms with Gasteiger partial charge in [0.05, 0.1) is 0 Å². The highest BCUT2D eigenvalue weighted by Crippen LogP contribution is 2.27. The first-order valence-electron chi connectivity index (χ1n) is 7.44. The predicted molar refractivity (Wildman–Crippen MR) is 85.7 cm³/mol. The molecule has 0 unspecified atom stereocenters. The fraction of sp³-hybridized carbons (Fsp3) is 0.647. The Labute approximate surface area is 115 Å². The quantitative estimate of drug-likeness (QED) is 0.728. The fourth-order valence-corrected chi connectivity index (χ4v) is 1.84. The van der Waals surface area contributed by atoms with E-state index in [-0.39, 0.29) is 0 Å². The molecule has 0 aromatic heterocycles. The summed E-state index contributed by atoms with van der Waals surface area (Å²) in [5.41, 5.74) is 9.95. The van der Waals surface area contributed by atoms with Crippen molar-refractivity contribution in [2.45, 2.75) is 61.3 Å². The largest absolute Gasteiger partial charge is 0.326 e. The molecule has 0 aromatic rings. The van der Waals surface area contributed by atoms with Gasteiger partial charge in [0.25, 0.3) is 0 Å². The van der Waals surface area contributed by atoms with Crippen molar-refractivity contribution in [1.82, 2.24) is 0 Å². The topological polar surface area (TPSA) is 26.0 Å². The maximum absolute atomic E-state index is 5.68. The van der Waals surface area contributed by atoms with E-state index in [1.54, 1.807) is 5.57 Å². The zero-order valence-corrected chi connectivity index (χ0v) is 13.5. The van der Waals surface area contributed by atoms with Crippen LogP contribution in [0.25, 0.3) is 0 Å². The van der Waals surface area contributed by atoms with E-state index >= 15 is 0 Å². The lowest BCUT2D eigenvalue weighted by Gasteiger charge is -2.18. The minimum Gasteiger partial charge on any atom is -0.326 e. The summed E-state index contributed by atoms with van der Waals surface area (Å²) < 4.78 is 0. The van der Waals surface area contributed by atoms with Crippen LogP contribution < -0.4 is 5.73 Å². The maximum atomic E-state index is 5.68. The smallest absolute Gasteiger partial charge is 0.0177 e. The third-order valence-corrected chi connectivity index (χ3v) is 2.90. The van der Waals surface area contributed by atoms with Crippen molar-refractivity contribution in [3.05, 3.63) is 34.9 Å². The van der Waals surface area contributed by atoms with Crippen LogP contribution in [0.5, 0.6) is 0 Å². The van der Waals surface area contributed by atoms with Crippen molar-refractivity contribution < 1.29 is 0 Å². The number of allylic oxidation sites excluding steroid dienone is 4. The zero-order chi connectivity index (χ0) is 14.6. The van der Waals surface area contributed by atoms with E-state index in [0.717, 1.165) is 6.42 Å². The van der Waals surface area contributed by atoms with Crippen LogP contribution in [0.4, 0.5) is 0 Å². The van der Waals surface area contributed by atoms with Crippen LogP contribution in [-0.4, -0.2) is 6.54 Å². The van der Waals surface area contributed by atoms with Gasteiger partial charge in [-0.25, -0.2) is 0 Å². The van der Waals surface area contributed by atoms with Gasteiger partial charge in [0, 0.05) is 6.54 Å². The molecule has 0 heterocycles. The molecule has 0 spiro atoms. The fourth-order valence-electron chi connectivity index (χ4n) is 1.84. The Morgan fingerprint density at radius 3 is 2.00 bits per heavy atom. The third-order valence-electron chi connectivity index (χ3n) is 2.90. The molecular weight excluding hydrogens is 218 g/mol. The molecule has 0 radical (unpaired) electrons. The van der Waals surface area contributed by atoms with E-state index in [1.165, 1.54) is 17.6 Å². The van der Waals surface area contributed by atoms with Crippen LogP contribution in [0, 0.1) is 5.92 Å². The zero-order valence-electron chi connectivity index (χ0n) is 13.5. The molecule has 2 N–H and O–H groups in total. The van der Waals surface area contributed by atoms with Gasteiger partial charge in [-0.15, -0.1) is 0 Å². The van der Waals surface area contributed by atoms with Gasteiger partial charge in [-0.1, -0.05) is 65.3 Å². The van der Waals surface area contributed by atoms with Crippen LogP contribution in [0.1, 0.15) is 61.3 Å². The lowest BCUT2D eigenvalue weighted by Crippen LogP contribution is -2.08. The minimum absolute atomic E-state index is 0.660. The van der Waals surface area contributed by atoms with Crippen LogP contribution >= 0.6 is 0 Å². The van der Waals surface area contributed by atoms with Gasteiger partial charge >= 0.3 is 0 Å². The van der Waals surface area contributed by atoms with Crippen molar-refractivity contribution >= 4 is 0 Å². The van der Waals surface area contributed by atoms with Crippen LogP contribution in [0.2, 0.25) is 0 Å². The number of rotatable bonds is 3. The molecule has 1 nitrogen and oxygen atoms in total. The second-order valence-electron chi connectivity index (χ2n) is 4.11. The molecule has 0 bridgehead atoms. The van der Waals surface area contributed by atoms with Gasteiger partial charge < -0.3 is 5.73 Å².